The fourth-order valence-electron chi connectivity index (χ4n) is 7.27. The Balaban J connectivity index is 0.784. The maximum atomic E-state index is 13.1. The molecule has 1 N–H and O–H groups in total. The smallest absolute Gasteiger partial charge is 0.256 e. The van der Waals surface area contributed by atoms with Crippen molar-refractivity contribution in [3.05, 3.63) is 97.0 Å². The van der Waals surface area contributed by atoms with Crippen molar-refractivity contribution in [3.63, 3.8) is 0 Å². The molecule has 1 atom stereocenters. The molecule has 57 heavy (non-hydrogen) atoms. The summed E-state index contributed by atoms with van der Waals surface area (Å²) in [4.78, 5) is 43.3. The molecule has 1 unspecified atom stereocenters. The third kappa shape index (κ3) is 10.8. The fourth-order valence-corrected chi connectivity index (χ4v) is 7.27. The first-order valence-electron chi connectivity index (χ1n) is 20.1. The van der Waals surface area contributed by atoms with Gasteiger partial charge >= 0.3 is 0 Å². The van der Waals surface area contributed by atoms with Crippen LogP contribution in [0.1, 0.15) is 72.1 Å². The minimum atomic E-state index is -0.496. The topological polar surface area (TPSA) is 120 Å². The number of amides is 1. The van der Waals surface area contributed by atoms with Crippen molar-refractivity contribution in [2.45, 2.75) is 63.7 Å². The van der Waals surface area contributed by atoms with Crippen LogP contribution in [0.4, 0.5) is 0 Å². The lowest BCUT2D eigenvalue weighted by molar-refractivity contribution is -0.0832. The second-order valence-corrected chi connectivity index (χ2v) is 14.6. The number of hydrogen-bond donors (Lipinski definition) is 1. The largest absolute Gasteiger partial charge is 0.494 e. The Morgan fingerprint density at radius 2 is 1.74 bits per heavy atom. The third-order valence-corrected chi connectivity index (χ3v) is 10.6. The lowest BCUT2D eigenvalue weighted by atomic mass is 10.1. The van der Waals surface area contributed by atoms with Gasteiger partial charge in [0.25, 0.3) is 5.91 Å². The summed E-state index contributed by atoms with van der Waals surface area (Å²) in [6.07, 6.45) is 15.2. The van der Waals surface area contributed by atoms with Gasteiger partial charge in [0.2, 0.25) is 5.88 Å². The van der Waals surface area contributed by atoms with Crippen LogP contribution >= 0.6 is 0 Å². The third-order valence-electron chi connectivity index (χ3n) is 10.6. The molecular formula is C45H56N6O6. The Morgan fingerprint density at radius 1 is 0.947 bits per heavy atom. The van der Waals surface area contributed by atoms with E-state index in [0.717, 1.165) is 82.5 Å². The van der Waals surface area contributed by atoms with E-state index in [0.29, 0.717) is 42.9 Å². The zero-order valence-corrected chi connectivity index (χ0v) is 33.5. The summed E-state index contributed by atoms with van der Waals surface area (Å²) in [7, 11) is 5.39. The summed E-state index contributed by atoms with van der Waals surface area (Å²) in [5.74, 6) is 0.938. The van der Waals surface area contributed by atoms with Gasteiger partial charge in [0.05, 0.1) is 17.7 Å². The van der Waals surface area contributed by atoms with Crippen molar-refractivity contribution in [3.8, 4) is 22.8 Å². The Kier molecular flexibility index (Phi) is 15.2. The molecule has 5 aromatic rings. The number of unbranched alkanes of at least 4 members (excludes halogenated alkanes) is 4. The molecule has 12 heteroatoms. The Bertz CT molecular complexity index is 2080. The van der Waals surface area contributed by atoms with Gasteiger partial charge < -0.3 is 23.7 Å². The molecule has 4 heterocycles. The number of fused-ring (bicyclic) bond motifs is 3. The van der Waals surface area contributed by atoms with Gasteiger partial charge in [-0.2, -0.15) is 0 Å². The molecule has 1 amide bonds. The van der Waals surface area contributed by atoms with Gasteiger partial charge in [-0.05, 0) is 99.9 Å². The number of carbonyl (C=O) groups excluding carboxylic acids is 2. The van der Waals surface area contributed by atoms with Crippen LogP contribution < -0.4 is 15.0 Å². The van der Waals surface area contributed by atoms with Crippen molar-refractivity contribution in [2.24, 2.45) is 7.05 Å². The van der Waals surface area contributed by atoms with Crippen LogP contribution in [-0.4, -0.2) is 102 Å². The summed E-state index contributed by atoms with van der Waals surface area (Å²) < 4.78 is 20.1. The van der Waals surface area contributed by atoms with Gasteiger partial charge in [-0.15, -0.1) is 6.58 Å². The SMILES string of the molecule is C=CCCC(ONC)N(C)C(=O)c1ccc(OCCCCCOCCCCCN2CC(Oc3ccc(-c4ccc5c6cnccc6n(C)c5c4)cn3)C2)cc1C=O. The zero-order valence-electron chi connectivity index (χ0n) is 33.5. The monoisotopic (exact) mass is 776 g/mol. The van der Waals surface area contributed by atoms with Gasteiger partial charge in [0.1, 0.15) is 11.9 Å². The molecule has 2 aromatic carbocycles. The van der Waals surface area contributed by atoms with Gasteiger partial charge in [-0.3, -0.25) is 24.3 Å². The number of rotatable bonds is 24. The molecule has 302 valence electrons. The van der Waals surface area contributed by atoms with E-state index in [2.05, 4.69) is 68.9 Å². The standard InChI is InChI=1S/C45H56N6O6/c1-5-6-13-44(57-46-2)50(4)45(53)38-18-16-36(26-35(38)32-52)55-25-12-8-11-24-54-23-10-7-9-22-51-30-37(31-51)56-43-19-15-34(28-48-43)33-14-17-39-40-29-47-21-20-41(40)49(3)42(39)27-33/h5,14-21,26-29,32,37,44,46H,1,6-13,22-25,30-31H2,2-4H3. The van der Waals surface area contributed by atoms with Crippen LogP contribution in [0.5, 0.6) is 11.6 Å². The van der Waals surface area contributed by atoms with E-state index in [4.69, 9.17) is 19.0 Å². The lowest BCUT2D eigenvalue weighted by Gasteiger charge is -2.38. The zero-order chi connectivity index (χ0) is 40.0. The highest BCUT2D eigenvalue weighted by Crippen LogP contribution is 2.31. The van der Waals surface area contributed by atoms with Crippen LogP contribution in [0.2, 0.25) is 0 Å². The Hall–Kier alpha value is -5.14. The van der Waals surface area contributed by atoms with Gasteiger partial charge in [-0.1, -0.05) is 18.2 Å². The second-order valence-electron chi connectivity index (χ2n) is 14.6. The maximum absolute atomic E-state index is 13.1. The number of aromatic nitrogens is 3. The van der Waals surface area contributed by atoms with E-state index in [9.17, 15) is 9.59 Å². The first kappa shape index (κ1) is 41.5. The number of nitrogens with one attached hydrogen (secondary N) is 1. The highest BCUT2D eigenvalue weighted by Gasteiger charge is 2.28. The number of likely N-dealkylation sites (tertiary alicyclic amines) is 1. The fraction of sp³-hybridized carbons (Fsp3) is 0.422. The first-order chi connectivity index (χ1) is 27.9. The number of aldehydes is 1. The van der Waals surface area contributed by atoms with E-state index in [1.165, 1.54) is 26.7 Å². The Labute approximate surface area is 335 Å². The number of hydrogen-bond acceptors (Lipinski definition) is 10. The van der Waals surface area contributed by atoms with Crippen molar-refractivity contribution in [1.82, 2.24) is 29.8 Å². The quantitative estimate of drug-likeness (QED) is 0.0221. The number of allylic oxidation sites excluding steroid dienone is 1. The molecule has 6 rings (SSSR count). The van der Waals surface area contributed by atoms with Gasteiger partial charge in [-0.25, -0.2) is 10.5 Å². The lowest BCUT2D eigenvalue weighted by Crippen LogP contribution is -2.53. The Morgan fingerprint density at radius 3 is 2.49 bits per heavy atom. The van der Waals surface area contributed by atoms with Crippen molar-refractivity contribution in [2.75, 3.05) is 53.6 Å². The second kappa shape index (κ2) is 20.9. The number of ether oxygens (including phenoxy) is 3. The van der Waals surface area contributed by atoms with Gasteiger partial charge in [0, 0.05) is 99.5 Å². The molecule has 0 saturated carbocycles. The van der Waals surface area contributed by atoms with Gasteiger partial charge in [0.15, 0.2) is 12.5 Å². The van der Waals surface area contributed by atoms with E-state index < -0.39 is 6.23 Å². The molecule has 0 aliphatic carbocycles. The minimum absolute atomic E-state index is 0.181. The number of aryl methyl sites for hydroxylation is 1. The molecule has 1 aliphatic rings. The van der Waals surface area contributed by atoms with Crippen LogP contribution in [0, 0.1) is 0 Å². The van der Waals surface area contributed by atoms with E-state index in [-0.39, 0.29) is 17.6 Å². The molecule has 0 spiro atoms. The number of hydroxylamine groups is 1. The molecule has 1 fully saturated rings. The summed E-state index contributed by atoms with van der Waals surface area (Å²) in [6.45, 7) is 8.72. The van der Waals surface area contributed by atoms with Crippen molar-refractivity contribution >= 4 is 34.0 Å². The normalized spacial score (nSPS) is 13.7. The van der Waals surface area contributed by atoms with E-state index >= 15 is 0 Å². The summed E-state index contributed by atoms with van der Waals surface area (Å²) in [6, 6.07) is 17.6. The summed E-state index contributed by atoms with van der Waals surface area (Å²) >= 11 is 0. The average Bonchev–Trinajstić information content (AvgIpc) is 3.51. The van der Waals surface area contributed by atoms with Crippen LogP contribution in [0.15, 0.2) is 85.8 Å². The molecule has 0 radical (unpaired) electrons. The number of carbonyl (C=O) groups is 2. The van der Waals surface area contributed by atoms with Crippen molar-refractivity contribution in [1.29, 1.82) is 0 Å². The molecule has 1 saturated heterocycles. The first-order valence-corrected chi connectivity index (χ1v) is 20.1. The minimum Gasteiger partial charge on any atom is -0.494 e. The number of pyridine rings is 2. The van der Waals surface area contributed by atoms with E-state index in [1.807, 2.05) is 24.7 Å². The predicted molar refractivity (Wildman–Crippen MR) is 224 cm³/mol. The summed E-state index contributed by atoms with van der Waals surface area (Å²) in [5.41, 5.74) is 7.79. The highest BCUT2D eigenvalue weighted by atomic mass is 16.7. The highest BCUT2D eigenvalue weighted by molar-refractivity contribution is 6.08. The van der Waals surface area contributed by atoms with Crippen LogP contribution in [-0.2, 0) is 16.6 Å². The molecular weight excluding hydrogens is 721 g/mol. The summed E-state index contributed by atoms with van der Waals surface area (Å²) in [5, 5.41) is 2.37. The average molecular weight is 777 g/mol. The molecule has 12 nitrogen and oxygen atoms in total. The molecule has 0 bridgehead atoms. The number of nitrogens with zero attached hydrogens (tertiary/aromatic N) is 5. The number of benzene rings is 2. The van der Waals surface area contributed by atoms with Crippen LogP contribution in [0.3, 0.4) is 0 Å². The van der Waals surface area contributed by atoms with E-state index in [1.54, 1.807) is 38.4 Å². The molecule has 1 aliphatic heterocycles. The maximum Gasteiger partial charge on any atom is 0.256 e. The van der Waals surface area contributed by atoms with Crippen molar-refractivity contribution < 1.29 is 28.6 Å². The molecule has 3 aromatic heterocycles. The van der Waals surface area contributed by atoms with Crippen LogP contribution in [0.25, 0.3) is 32.9 Å². The predicted octanol–water partition coefficient (Wildman–Crippen LogP) is 7.62.